The molecule has 1 aliphatic heterocycles. The van der Waals surface area contributed by atoms with Crippen LogP contribution in [0, 0.1) is 6.92 Å². The molecule has 1 aromatic carbocycles. The number of hydrogen-bond donors (Lipinski definition) is 2. The van der Waals surface area contributed by atoms with Crippen molar-refractivity contribution in [3.63, 3.8) is 0 Å². The van der Waals surface area contributed by atoms with Gasteiger partial charge in [-0.2, -0.15) is 0 Å². The van der Waals surface area contributed by atoms with Crippen LogP contribution in [0.2, 0.25) is 5.02 Å². The summed E-state index contributed by atoms with van der Waals surface area (Å²) in [7, 11) is 0. The number of benzene rings is 1. The average Bonchev–Trinajstić information content (AvgIpc) is 2.86. The Hall–Kier alpha value is -2.05. The molecule has 3 rings (SSSR count). The zero-order chi connectivity index (χ0) is 17.3. The normalized spacial score (nSPS) is 16.9. The van der Waals surface area contributed by atoms with Gasteiger partial charge in [0.1, 0.15) is 0 Å². The highest BCUT2D eigenvalue weighted by Gasteiger charge is 2.37. The molecule has 1 amide bonds. The summed E-state index contributed by atoms with van der Waals surface area (Å²) < 4.78 is 11.0. The molecule has 1 aliphatic rings. The van der Waals surface area contributed by atoms with Crippen molar-refractivity contribution in [1.82, 2.24) is 5.32 Å². The highest BCUT2D eigenvalue weighted by atomic mass is 35.5. The maximum atomic E-state index is 12.7. The van der Waals surface area contributed by atoms with E-state index in [9.17, 15) is 14.7 Å². The molecule has 0 saturated carbocycles. The Morgan fingerprint density at radius 1 is 1.33 bits per heavy atom. The second kappa shape index (κ2) is 6.45. The summed E-state index contributed by atoms with van der Waals surface area (Å²) in [6.45, 7) is 2.61. The van der Waals surface area contributed by atoms with E-state index in [-0.39, 0.29) is 12.2 Å². The van der Waals surface area contributed by atoms with E-state index < -0.39 is 17.4 Å². The van der Waals surface area contributed by atoms with Crippen molar-refractivity contribution in [2.24, 2.45) is 0 Å². The second-order valence-electron chi connectivity index (χ2n) is 6.09. The van der Waals surface area contributed by atoms with Gasteiger partial charge in [0.15, 0.2) is 11.3 Å². The van der Waals surface area contributed by atoms with Crippen LogP contribution in [0.15, 0.2) is 22.6 Å². The van der Waals surface area contributed by atoms with E-state index in [4.69, 9.17) is 20.8 Å². The van der Waals surface area contributed by atoms with E-state index in [0.29, 0.717) is 42.2 Å². The number of fused-ring (bicyclic) bond motifs is 1. The van der Waals surface area contributed by atoms with Crippen molar-refractivity contribution in [2.45, 2.75) is 31.7 Å². The highest BCUT2D eigenvalue weighted by molar-refractivity contribution is 6.35. The third-order valence-electron chi connectivity index (χ3n) is 4.44. The second-order valence-corrected chi connectivity index (χ2v) is 6.50. The van der Waals surface area contributed by atoms with Gasteiger partial charge in [0.2, 0.25) is 0 Å². The van der Waals surface area contributed by atoms with Crippen LogP contribution < -0.4 is 5.32 Å². The molecule has 0 aliphatic carbocycles. The molecule has 0 atom stereocenters. The van der Waals surface area contributed by atoms with Crippen LogP contribution in [-0.2, 0) is 9.53 Å². The number of nitrogens with one attached hydrogen (secondary N) is 1. The smallest absolute Gasteiger partial charge is 0.305 e. The van der Waals surface area contributed by atoms with Crippen LogP contribution in [0.3, 0.4) is 0 Å². The molecule has 1 aromatic heterocycles. The number of rotatable bonds is 4. The lowest BCUT2D eigenvalue weighted by Crippen LogP contribution is -2.53. The number of furan rings is 1. The number of aryl methyl sites for hydroxylation is 1. The van der Waals surface area contributed by atoms with Crippen LogP contribution in [0.25, 0.3) is 11.0 Å². The number of hydrogen-bond acceptors (Lipinski definition) is 4. The van der Waals surface area contributed by atoms with Crippen LogP contribution in [0.1, 0.15) is 35.4 Å². The minimum atomic E-state index is -0.957. The SMILES string of the molecule is Cc1c(C(=O)NC2(CC(=O)O)CCOCC2)oc2c(Cl)cccc12. The first-order valence-electron chi connectivity index (χ1n) is 7.71. The van der Waals surface area contributed by atoms with Crippen molar-refractivity contribution in [3.8, 4) is 0 Å². The number of carbonyl (C=O) groups is 2. The van der Waals surface area contributed by atoms with Crippen molar-refractivity contribution in [1.29, 1.82) is 0 Å². The summed E-state index contributed by atoms with van der Waals surface area (Å²) in [5.74, 6) is -1.22. The van der Waals surface area contributed by atoms with Gasteiger partial charge in [-0.15, -0.1) is 0 Å². The lowest BCUT2D eigenvalue weighted by molar-refractivity contribution is -0.139. The quantitative estimate of drug-likeness (QED) is 0.883. The van der Waals surface area contributed by atoms with Gasteiger partial charge in [-0.05, 0) is 25.8 Å². The van der Waals surface area contributed by atoms with Crippen LogP contribution in [0.5, 0.6) is 0 Å². The number of carboxylic acid groups (broad SMARTS) is 1. The molecular weight excluding hydrogens is 334 g/mol. The number of para-hydroxylation sites is 1. The first-order valence-corrected chi connectivity index (χ1v) is 8.09. The minimum Gasteiger partial charge on any atom is -0.481 e. The lowest BCUT2D eigenvalue weighted by atomic mass is 9.86. The van der Waals surface area contributed by atoms with E-state index in [2.05, 4.69) is 5.32 Å². The molecule has 7 heteroatoms. The molecule has 128 valence electrons. The van der Waals surface area contributed by atoms with E-state index in [1.807, 2.05) is 6.07 Å². The van der Waals surface area contributed by atoms with Gasteiger partial charge in [0.05, 0.1) is 17.0 Å². The summed E-state index contributed by atoms with van der Waals surface area (Å²) >= 11 is 6.12. The van der Waals surface area contributed by atoms with Gasteiger partial charge in [-0.3, -0.25) is 9.59 Å². The summed E-state index contributed by atoms with van der Waals surface area (Å²) in [5.41, 5.74) is 0.319. The predicted octanol–water partition coefficient (Wildman–Crippen LogP) is 3.15. The maximum absolute atomic E-state index is 12.7. The number of ether oxygens (including phenoxy) is 1. The molecular formula is C17H18ClNO5. The number of carbonyl (C=O) groups excluding carboxylic acids is 1. The largest absolute Gasteiger partial charge is 0.481 e. The van der Waals surface area contributed by atoms with Crippen molar-refractivity contribution >= 4 is 34.4 Å². The summed E-state index contributed by atoms with van der Waals surface area (Å²) in [4.78, 5) is 23.9. The number of aliphatic carboxylic acids is 1. The average molecular weight is 352 g/mol. The summed E-state index contributed by atoms with van der Waals surface area (Å²) in [5, 5.41) is 13.3. The van der Waals surface area contributed by atoms with E-state index in [1.165, 1.54) is 0 Å². The van der Waals surface area contributed by atoms with Gasteiger partial charge in [0, 0.05) is 24.2 Å². The molecule has 0 bridgehead atoms. The van der Waals surface area contributed by atoms with Crippen molar-refractivity contribution in [2.75, 3.05) is 13.2 Å². The molecule has 2 heterocycles. The maximum Gasteiger partial charge on any atom is 0.305 e. The molecule has 0 spiro atoms. The van der Waals surface area contributed by atoms with Crippen molar-refractivity contribution < 1.29 is 23.8 Å². The number of carboxylic acids is 1. The van der Waals surface area contributed by atoms with E-state index >= 15 is 0 Å². The Morgan fingerprint density at radius 2 is 2.04 bits per heavy atom. The predicted molar refractivity (Wildman–Crippen MR) is 88.5 cm³/mol. The first-order chi connectivity index (χ1) is 11.4. The highest BCUT2D eigenvalue weighted by Crippen LogP contribution is 2.32. The standard InChI is InChI=1S/C17H18ClNO5/c1-10-11-3-2-4-12(18)15(11)24-14(10)16(22)19-17(9-13(20)21)5-7-23-8-6-17/h2-4H,5-9H2,1H3,(H,19,22)(H,20,21). The zero-order valence-electron chi connectivity index (χ0n) is 13.2. The molecule has 1 saturated heterocycles. The number of amides is 1. The molecule has 6 nitrogen and oxygen atoms in total. The number of halogens is 1. The molecule has 2 aromatic rings. The monoisotopic (exact) mass is 351 g/mol. The fraction of sp³-hybridized carbons (Fsp3) is 0.412. The fourth-order valence-electron chi connectivity index (χ4n) is 3.12. The molecule has 0 radical (unpaired) electrons. The van der Waals surface area contributed by atoms with Gasteiger partial charge in [-0.1, -0.05) is 23.7 Å². The van der Waals surface area contributed by atoms with Crippen molar-refractivity contribution in [3.05, 3.63) is 34.5 Å². The Kier molecular flexibility index (Phi) is 4.51. The Bertz CT molecular complexity index is 792. The molecule has 2 N–H and O–H groups in total. The van der Waals surface area contributed by atoms with Crippen LogP contribution in [-0.4, -0.2) is 35.7 Å². The van der Waals surface area contributed by atoms with Crippen LogP contribution in [0.4, 0.5) is 0 Å². The van der Waals surface area contributed by atoms with Crippen LogP contribution >= 0.6 is 11.6 Å². The lowest BCUT2D eigenvalue weighted by Gasteiger charge is -2.36. The Balaban J connectivity index is 1.92. The summed E-state index contributed by atoms with van der Waals surface area (Å²) in [6.07, 6.45) is 0.748. The van der Waals surface area contributed by atoms with E-state index in [0.717, 1.165) is 5.39 Å². The third-order valence-corrected chi connectivity index (χ3v) is 4.74. The topological polar surface area (TPSA) is 88.8 Å². The fourth-order valence-corrected chi connectivity index (χ4v) is 3.33. The molecule has 1 fully saturated rings. The Morgan fingerprint density at radius 3 is 2.67 bits per heavy atom. The third kappa shape index (κ3) is 3.12. The Labute approximate surface area is 143 Å². The van der Waals surface area contributed by atoms with Gasteiger partial charge < -0.3 is 19.6 Å². The summed E-state index contributed by atoms with van der Waals surface area (Å²) in [6, 6.07) is 5.32. The zero-order valence-corrected chi connectivity index (χ0v) is 14.0. The molecule has 0 unspecified atom stereocenters. The van der Waals surface area contributed by atoms with Gasteiger partial charge >= 0.3 is 5.97 Å². The first kappa shape index (κ1) is 16.8. The molecule has 24 heavy (non-hydrogen) atoms. The van der Waals surface area contributed by atoms with Gasteiger partial charge in [-0.25, -0.2) is 0 Å². The van der Waals surface area contributed by atoms with E-state index in [1.54, 1.807) is 19.1 Å². The minimum absolute atomic E-state index is 0.151. The van der Waals surface area contributed by atoms with Gasteiger partial charge in [0.25, 0.3) is 5.91 Å².